The molecule has 1 rings (SSSR count). The molecule has 0 aliphatic rings. The summed E-state index contributed by atoms with van der Waals surface area (Å²) in [5.74, 6) is 0.256. The number of sulfonamides is 1. The molecular formula is C12H20BrNO3S2. The summed E-state index contributed by atoms with van der Waals surface area (Å²) in [6, 6.07) is 1.44. The highest BCUT2D eigenvalue weighted by atomic mass is 79.9. The van der Waals surface area contributed by atoms with Crippen molar-refractivity contribution >= 4 is 37.3 Å². The summed E-state index contributed by atoms with van der Waals surface area (Å²) in [6.45, 7) is 8.06. The second-order valence-electron chi connectivity index (χ2n) is 5.07. The normalized spacial score (nSPS) is 12.9. The number of rotatable bonds is 6. The van der Waals surface area contributed by atoms with Crippen molar-refractivity contribution in [2.75, 3.05) is 6.54 Å². The zero-order valence-corrected chi connectivity index (χ0v) is 14.8. The predicted octanol–water partition coefficient (Wildman–Crippen LogP) is 3.06. The van der Waals surface area contributed by atoms with Gasteiger partial charge in [0.1, 0.15) is 4.90 Å². The van der Waals surface area contributed by atoms with Crippen LogP contribution in [0.25, 0.3) is 0 Å². The zero-order valence-electron chi connectivity index (χ0n) is 11.6. The van der Waals surface area contributed by atoms with E-state index in [2.05, 4.69) is 15.9 Å². The van der Waals surface area contributed by atoms with Crippen LogP contribution in [0, 0.1) is 5.92 Å². The number of thiophene rings is 1. The van der Waals surface area contributed by atoms with E-state index >= 15 is 0 Å². The molecule has 0 unspecified atom stereocenters. The van der Waals surface area contributed by atoms with E-state index < -0.39 is 10.0 Å². The fourth-order valence-electron chi connectivity index (χ4n) is 1.72. The zero-order chi connectivity index (χ0) is 14.8. The van der Waals surface area contributed by atoms with Crippen LogP contribution in [0.5, 0.6) is 0 Å². The molecule has 0 atom stereocenters. The van der Waals surface area contributed by atoms with Crippen molar-refractivity contribution in [3.8, 4) is 0 Å². The Kier molecular flexibility index (Phi) is 6.00. The van der Waals surface area contributed by atoms with Crippen LogP contribution in [0.3, 0.4) is 0 Å². The number of aliphatic hydroxyl groups excluding tert-OH is 1. The highest BCUT2D eigenvalue weighted by molar-refractivity contribution is 9.11. The van der Waals surface area contributed by atoms with Gasteiger partial charge < -0.3 is 5.11 Å². The quantitative estimate of drug-likeness (QED) is 0.837. The first-order valence-electron chi connectivity index (χ1n) is 6.11. The summed E-state index contributed by atoms with van der Waals surface area (Å²) >= 11 is 4.53. The van der Waals surface area contributed by atoms with Crippen molar-refractivity contribution in [1.82, 2.24) is 4.31 Å². The molecule has 0 spiro atoms. The Hall–Kier alpha value is 0.0500. The van der Waals surface area contributed by atoms with Gasteiger partial charge in [-0.3, -0.25) is 0 Å². The average molecular weight is 370 g/mol. The van der Waals surface area contributed by atoms with Gasteiger partial charge in [-0.1, -0.05) is 13.8 Å². The molecule has 19 heavy (non-hydrogen) atoms. The molecule has 0 aromatic carbocycles. The molecule has 0 amide bonds. The highest BCUT2D eigenvalue weighted by Crippen LogP contribution is 2.34. The molecule has 1 heterocycles. The van der Waals surface area contributed by atoms with Gasteiger partial charge in [-0.05, 0) is 41.8 Å². The van der Waals surface area contributed by atoms with E-state index in [0.717, 1.165) is 0 Å². The molecule has 0 aliphatic carbocycles. The van der Waals surface area contributed by atoms with Crippen molar-refractivity contribution in [3.63, 3.8) is 0 Å². The Morgan fingerprint density at radius 2 is 1.95 bits per heavy atom. The van der Waals surface area contributed by atoms with Gasteiger partial charge in [0.05, 0.1) is 10.4 Å². The smallest absolute Gasteiger partial charge is 0.245 e. The first-order valence-corrected chi connectivity index (χ1v) is 9.16. The molecule has 1 aromatic rings. The summed E-state index contributed by atoms with van der Waals surface area (Å²) in [5.41, 5.74) is 0. The second kappa shape index (κ2) is 6.67. The van der Waals surface area contributed by atoms with Crippen LogP contribution in [-0.4, -0.2) is 30.4 Å². The number of hydrogen-bond acceptors (Lipinski definition) is 4. The lowest BCUT2D eigenvalue weighted by molar-refractivity contribution is 0.285. The molecule has 4 nitrogen and oxygen atoms in total. The number of nitrogens with zero attached hydrogens (tertiary/aromatic N) is 1. The van der Waals surface area contributed by atoms with Gasteiger partial charge >= 0.3 is 0 Å². The maximum Gasteiger partial charge on any atom is 0.245 e. The van der Waals surface area contributed by atoms with E-state index in [1.54, 1.807) is 6.07 Å². The molecule has 7 heteroatoms. The molecule has 110 valence electrons. The van der Waals surface area contributed by atoms with Crippen molar-refractivity contribution in [1.29, 1.82) is 0 Å². The van der Waals surface area contributed by atoms with Crippen molar-refractivity contribution in [3.05, 3.63) is 14.7 Å². The van der Waals surface area contributed by atoms with Gasteiger partial charge in [0.2, 0.25) is 10.0 Å². The average Bonchev–Trinajstić information content (AvgIpc) is 2.67. The van der Waals surface area contributed by atoms with E-state index in [-0.39, 0.29) is 23.5 Å². The minimum atomic E-state index is -3.53. The van der Waals surface area contributed by atoms with E-state index in [9.17, 15) is 8.42 Å². The van der Waals surface area contributed by atoms with Crippen LogP contribution in [-0.2, 0) is 16.6 Å². The molecule has 0 aliphatic heterocycles. The van der Waals surface area contributed by atoms with E-state index in [4.69, 9.17) is 5.11 Å². The molecule has 0 radical (unpaired) electrons. The van der Waals surface area contributed by atoms with Gasteiger partial charge in [-0.2, -0.15) is 4.31 Å². The third kappa shape index (κ3) is 4.01. The Morgan fingerprint density at radius 3 is 2.32 bits per heavy atom. The van der Waals surface area contributed by atoms with Crippen LogP contribution in [0.15, 0.2) is 14.7 Å². The van der Waals surface area contributed by atoms with Crippen molar-refractivity contribution in [2.24, 2.45) is 5.92 Å². The van der Waals surface area contributed by atoms with Crippen LogP contribution < -0.4 is 0 Å². The van der Waals surface area contributed by atoms with Gasteiger partial charge in [0, 0.05) is 17.5 Å². The van der Waals surface area contributed by atoms with Gasteiger partial charge in [0.25, 0.3) is 0 Å². The van der Waals surface area contributed by atoms with Gasteiger partial charge in [-0.15, -0.1) is 11.3 Å². The third-order valence-corrected chi connectivity index (χ3v) is 6.85. The topological polar surface area (TPSA) is 57.6 Å². The van der Waals surface area contributed by atoms with Crippen LogP contribution >= 0.6 is 27.3 Å². The number of halogens is 1. The second-order valence-corrected chi connectivity index (χ2v) is 9.38. The maximum absolute atomic E-state index is 12.7. The Labute approximate surface area is 127 Å². The summed E-state index contributed by atoms with van der Waals surface area (Å²) in [7, 11) is -3.53. The Bertz CT molecular complexity index is 523. The Balaban J connectivity index is 3.22. The molecule has 0 bridgehead atoms. The lowest BCUT2D eigenvalue weighted by Gasteiger charge is -2.27. The fourth-order valence-corrected chi connectivity index (χ4v) is 6.02. The summed E-state index contributed by atoms with van der Waals surface area (Å²) < 4.78 is 27.4. The number of aliphatic hydroxyl groups is 1. The largest absolute Gasteiger partial charge is 0.391 e. The fraction of sp³-hybridized carbons (Fsp3) is 0.667. The molecular weight excluding hydrogens is 350 g/mol. The van der Waals surface area contributed by atoms with Crippen molar-refractivity contribution < 1.29 is 13.5 Å². The highest BCUT2D eigenvalue weighted by Gasteiger charge is 2.30. The minimum Gasteiger partial charge on any atom is -0.391 e. The van der Waals surface area contributed by atoms with E-state index in [0.29, 0.717) is 15.2 Å². The lowest BCUT2D eigenvalue weighted by Crippen LogP contribution is -2.39. The molecule has 0 saturated carbocycles. The van der Waals surface area contributed by atoms with E-state index in [1.807, 2.05) is 27.7 Å². The molecule has 1 N–H and O–H groups in total. The van der Waals surface area contributed by atoms with Gasteiger partial charge in [-0.25, -0.2) is 8.42 Å². The van der Waals surface area contributed by atoms with Gasteiger partial charge in [0.15, 0.2) is 0 Å². The maximum atomic E-state index is 12.7. The number of hydrogen-bond donors (Lipinski definition) is 1. The first kappa shape index (κ1) is 17.1. The van der Waals surface area contributed by atoms with Crippen molar-refractivity contribution in [2.45, 2.75) is 45.2 Å². The molecule has 1 aromatic heterocycles. The summed E-state index contributed by atoms with van der Waals surface area (Å²) in [5, 5.41) is 9.12. The van der Waals surface area contributed by atoms with Crippen LogP contribution in [0.2, 0.25) is 0 Å². The first-order chi connectivity index (χ1) is 8.70. The predicted molar refractivity (Wildman–Crippen MR) is 81.8 cm³/mol. The minimum absolute atomic E-state index is 0.100. The summed E-state index contributed by atoms with van der Waals surface area (Å²) in [6.07, 6.45) is 0. The van der Waals surface area contributed by atoms with E-state index in [1.165, 1.54) is 15.6 Å². The van der Waals surface area contributed by atoms with Crippen LogP contribution in [0.1, 0.15) is 32.6 Å². The Morgan fingerprint density at radius 1 is 1.37 bits per heavy atom. The molecule has 0 saturated heterocycles. The lowest BCUT2D eigenvalue weighted by atomic mass is 10.2. The molecule has 0 fully saturated rings. The van der Waals surface area contributed by atoms with Crippen LogP contribution in [0.4, 0.5) is 0 Å². The monoisotopic (exact) mass is 369 g/mol. The standard InChI is InChI=1S/C12H20BrNO3S2/c1-8(2)6-14(9(3)4)19(16,17)11-5-10(7-15)18-12(11)13/h5,8-9,15H,6-7H2,1-4H3. The SMILES string of the molecule is CC(C)CN(C(C)C)S(=O)(=O)c1cc(CO)sc1Br. The summed E-state index contributed by atoms with van der Waals surface area (Å²) in [4.78, 5) is 0.884. The third-order valence-electron chi connectivity index (χ3n) is 2.57.